The van der Waals surface area contributed by atoms with Crippen LogP contribution < -0.4 is 15.4 Å². The average Bonchev–Trinajstić information content (AvgIpc) is 2.55. The van der Waals surface area contributed by atoms with Gasteiger partial charge in [-0.25, -0.2) is 9.78 Å². The molecule has 1 atom stereocenters. The number of hydrogen-bond acceptors (Lipinski definition) is 5. The molecule has 2 aromatic heterocycles. The summed E-state index contributed by atoms with van der Waals surface area (Å²) < 4.78 is 5.24. The number of nitrogens with zero attached hydrogens (tertiary/aromatic N) is 2. The van der Waals surface area contributed by atoms with Crippen molar-refractivity contribution in [2.45, 2.75) is 33.7 Å². The molecule has 1 unspecified atom stereocenters. The quantitative estimate of drug-likeness (QED) is 0.889. The Balaban J connectivity index is 2.09. The van der Waals surface area contributed by atoms with Crippen molar-refractivity contribution in [3.05, 3.63) is 48.5 Å². The van der Waals surface area contributed by atoms with Crippen molar-refractivity contribution in [2.24, 2.45) is 5.41 Å². The number of carbonyl (C=O) groups excluding carboxylic acids is 2. The van der Waals surface area contributed by atoms with Crippen LogP contribution in [0.2, 0.25) is 0 Å². The maximum atomic E-state index is 12.5. The van der Waals surface area contributed by atoms with Gasteiger partial charge >= 0.3 is 6.09 Å². The van der Waals surface area contributed by atoms with Gasteiger partial charge in [-0.1, -0.05) is 20.8 Å². The number of pyridine rings is 2. The van der Waals surface area contributed by atoms with Crippen molar-refractivity contribution in [1.82, 2.24) is 15.3 Å². The van der Waals surface area contributed by atoms with Crippen LogP contribution in [-0.4, -0.2) is 28.0 Å². The SMILES string of the molecule is CC(NC(=O)c1ncccc1OC(=O)Nc1cccnc1)C(C)(C)C. The molecule has 0 aliphatic carbocycles. The highest BCUT2D eigenvalue weighted by atomic mass is 16.6. The average molecular weight is 342 g/mol. The van der Waals surface area contributed by atoms with Crippen LogP contribution in [0.5, 0.6) is 5.75 Å². The normalized spacial score (nSPS) is 12.2. The van der Waals surface area contributed by atoms with E-state index >= 15 is 0 Å². The van der Waals surface area contributed by atoms with Gasteiger partial charge in [0.1, 0.15) is 0 Å². The number of hydrogen-bond donors (Lipinski definition) is 2. The van der Waals surface area contributed by atoms with Crippen molar-refractivity contribution in [1.29, 1.82) is 0 Å². The first kappa shape index (κ1) is 18.4. The standard InChI is InChI=1S/C18H22N4O3/c1-12(18(2,3)4)21-16(23)15-14(8-6-10-20-15)25-17(24)22-13-7-5-9-19-11-13/h5-12H,1-4H3,(H,21,23)(H,22,24). The van der Waals surface area contributed by atoms with Gasteiger partial charge in [-0.2, -0.15) is 0 Å². The van der Waals surface area contributed by atoms with Crippen LogP contribution in [-0.2, 0) is 0 Å². The summed E-state index contributed by atoms with van der Waals surface area (Å²) in [5, 5.41) is 5.41. The number of nitrogens with one attached hydrogen (secondary N) is 2. The lowest BCUT2D eigenvalue weighted by Crippen LogP contribution is -2.41. The topological polar surface area (TPSA) is 93.2 Å². The molecule has 2 heterocycles. The van der Waals surface area contributed by atoms with Gasteiger partial charge in [0.15, 0.2) is 11.4 Å². The highest BCUT2D eigenvalue weighted by Gasteiger charge is 2.24. The molecule has 7 nitrogen and oxygen atoms in total. The predicted octanol–water partition coefficient (Wildman–Crippen LogP) is 3.25. The summed E-state index contributed by atoms with van der Waals surface area (Å²) in [5.41, 5.74) is 0.437. The molecule has 0 bridgehead atoms. The van der Waals surface area contributed by atoms with E-state index in [4.69, 9.17) is 4.74 Å². The minimum absolute atomic E-state index is 0.0555. The zero-order valence-electron chi connectivity index (χ0n) is 14.7. The van der Waals surface area contributed by atoms with Crippen molar-refractivity contribution >= 4 is 17.7 Å². The van der Waals surface area contributed by atoms with Crippen molar-refractivity contribution in [3.63, 3.8) is 0 Å². The molecule has 0 saturated heterocycles. The molecule has 0 aliphatic rings. The molecule has 2 amide bonds. The molecule has 0 fully saturated rings. The van der Waals surface area contributed by atoms with Gasteiger partial charge in [0.25, 0.3) is 5.91 Å². The fraction of sp³-hybridized carbons (Fsp3) is 0.333. The van der Waals surface area contributed by atoms with Crippen LogP contribution >= 0.6 is 0 Å². The Morgan fingerprint density at radius 1 is 1.16 bits per heavy atom. The van der Waals surface area contributed by atoms with E-state index < -0.39 is 12.0 Å². The first-order valence-electron chi connectivity index (χ1n) is 7.92. The van der Waals surface area contributed by atoms with E-state index in [2.05, 4.69) is 20.6 Å². The van der Waals surface area contributed by atoms with Crippen LogP contribution in [0.25, 0.3) is 0 Å². The third-order valence-corrected chi connectivity index (χ3v) is 3.74. The first-order chi connectivity index (χ1) is 11.8. The Morgan fingerprint density at radius 2 is 1.88 bits per heavy atom. The third kappa shape index (κ3) is 5.27. The van der Waals surface area contributed by atoms with Crippen molar-refractivity contribution in [3.8, 4) is 5.75 Å². The Labute approximate surface area is 146 Å². The summed E-state index contributed by atoms with van der Waals surface area (Å²) >= 11 is 0. The highest BCUT2D eigenvalue weighted by molar-refractivity contribution is 5.96. The first-order valence-corrected chi connectivity index (χ1v) is 7.92. The molecule has 7 heteroatoms. The third-order valence-electron chi connectivity index (χ3n) is 3.74. The smallest absolute Gasteiger partial charge is 0.408 e. The zero-order valence-corrected chi connectivity index (χ0v) is 14.7. The van der Waals surface area contributed by atoms with E-state index in [1.807, 2.05) is 27.7 Å². The largest absolute Gasteiger partial charge is 0.417 e. The highest BCUT2D eigenvalue weighted by Crippen LogP contribution is 2.21. The molecule has 0 aliphatic heterocycles. The number of amides is 2. The molecule has 25 heavy (non-hydrogen) atoms. The summed E-state index contributed by atoms with van der Waals surface area (Å²) in [4.78, 5) is 32.4. The summed E-state index contributed by atoms with van der Waals surface area (Å²) in [6.07, 6.45) is 3.83. The van der Waals surface area contributed by atoms with Crippen LogP contribution in [0.4, 0.5) is 10.5 Å². The van der Waals surface area contributed by atoms with E-state index in [1.165, 1.54) is 18.5 Å². The van der Waals surface area contributed by atoms with Crippen LogP contribution in [0, 0.1) is 5.41 Å². The summed E-state index contributed by atoms with van der Waals surface area (Å²) in [6, 6.07) is 6.39. The zero-order chi connectivity index (χ0) is 18.4. The predicted molar refractivity (Wildman–Crippen MR) is 94.5 cm³/mol. The van der Waals surface area contributed by atoms with Crippen molar-refractivity contribution in [2.75, 3.05) is 5.32 Å². The van der Waals surface area contributed by atoms with Gasteiger partial charge in [0.05, 0.1) is 11.9 Å². The maximum absolute atomic E-state index is 12.5. The Bertz CT molecular complexity index is 741. The minimum Gasteiger partial charge on any atom is -0.408 e. The molecule has 0 spiro atoms. The number of carbonyl (C=O) groups is 2. The molecular weight excluding hydrogens is 320 g/mol. The van der Waals surface area contributed by atoms with Gasteiger partial charge < -0.3 is 10.1 Å². The Hall–Kier alpha value is -2.96. The number of anilines is 1. The fourth-order valence-electron chi connectivity index (χ4n) is 1.80. The fourth-order valence-corrected chi connectivity index (χ4v) is 1.80. The van der Waals surface area contributed by atoms with E-state index in [0.29, 0.717) is 5.69 Å². The van der Waals surface area contributed by atoms with E-state index in [-0.39, 0.29) is 22.9 Å². The minimum atomic E-state index is -0.723. The molecular formula is C18H22N4O3. The molecule has 2 aromatic rings. The van der Waals surface area contributed by atoms with E-state index in [0.717, 1.165) is 0 Å². The monoisotopic (exact) mass is 342 g/mol. The lowest BCUT2D eigenvalue weighted by atomic mass is 9.88. The molecule has 132 valence electrons. The molecule has 0 radical (unpaired) electrons. The number of aromatic nitrogens is 2. The summed E-state index contributed by atoms with van der Waals surface area (Å²) in [6.45, 7) is 7.98. The van der Waals surface area contributed by atoms with Crippen LogP contribution in [0.15, 0.2) is 42.9 Å². The summed E-state index contributed by atoms with van der Waals surface area (Å²) in [5.74, 6) is -0.310. The van der Waals surface area contributed by atoms with Gasteiger partial charge in [-0.05, 0) is 36.6 Å². The Morgan fingerprint density at radius 3 is 2.52 bits per heavy atom. The Kier molecular flexibility index (Phi) is 5.69. The second kappa shape index (κ2) is 7.74. The molecule has 2 N–H and O–H groups in total. The lowest BCUT2D eigenvalue weighted by molar-refractivity contribution is 0.0902. The van der Waals surface area contributed by atoms with E-state index in [9.17, 15) is 9.59 Å². The summed E-state index contributed by atoms with van der Waals surface area (Å²) in [7, 11) is 0. The lowest BCUT2D eigenvalue weighted by Gasteiger charge is -2.28. The molecule has 0 aromatic carbocycles. The number of ether oxygens (including phenoxy) is 1. The maximum Gasteiger partial charge on any atom is 0.417 e. The van der Waals surface area contributed by atoms with Gasteiger partial charge in [0, 0.05) is 18.4 Å². The molecule has 0 saturated carbocycles. The molecule has 2 rings (SSSR count). The number of rotatable bonds is 4. The van der Waals surface area contributed by atoms with Gasteiger partial charge in [-0.15, -0.1) is 0 Å². The van der Waals surface area contributed by atoms with Gasteiger partial charge in [0.2, 0.25) is 0 Å². The van der Waals surface area contributed by atoms with Gasteiger partial charge in [-0.3, -0.25) is 15.1 Å². The van der Waals surface area contributed by atoms with E-state index in [1.54, 1.807) is 24.4 Å². The van der Waals surface area contributed by atoms with Crippen LogP contribution in [0.1, 0.15) is 38.2 Å². The second-order valence-corrected chi connectivity index (χ2v) is 6.67. The van der Waals surface area contributed by atoms with Crippen molar-refractivity contribution < 1.29 is 14.3 Å². The second-order valence-electron chi connectivity index (χ2n) is 6.67. The van der Waals surface area contributed by atoms with Crippen LogP contribution in [0.3, 0.4) is 0 Å².